The van der Waals surface area contributed by atoms with Crippen molar-refractivity contribution in [3.8, 4) is 0 Å². The molecule has 120 valence electrons. The molecule has 2 aromatic rings. The molecule has 0 radical (unpaired) electrons. The van der Waals surface area contributed by atoms with E-state index in [1.807, 2.05) is 0 Å². The first-order valence-electron chi connectivity index (χ1n) is 7.48. The first kappa shape index (κ1) is 15.9. The Bertz CT molecular complexity index is 687. The van der Waals surface area contributed by atoms with E-state index in [4.69, 9.17) is 9.51 Å². The number of hydrogen-bond acceptors (Lipinski definition) is 5. The highest BCUT2D eigenvalue weighted by atomic mass is 32.2. The van der Waals surface area contributed by atoms with Crippen molar-refractivity contribution in [2.75, 3.05) is 0 Å². The lowest BCUT2D eigenvalue weighted by Gasteiger charge is -2.39. The number of nitrogens with zero attached hydrogens (tertiary/aromatic N) is 2. The van der Waals surface area contributed by atoms with Crippen LogP contribution in [0.1, 0.15) is 55.4 Å². The minimum Gasteiger partial charge on any atom is -0.364 e. The summed E-state index contributed by atoms with van der Waals surface area (Å²) in [5, 5.41) is 4.80. The zero-order chi connectivity index (χ0) is 16.0. The molecule has 2 heterocycles. The third kappa shape index (κ3) is 3.33. The Morgan fingerprint density at radius 1 is 1.32 bits per heavy atom. The fourth-order valence-corrected chi connectivity index (χ4v) is 6.10. The van der Waals surface area contributed by atoms with Crippen molar-refractivity contribution in [3.63, 3.8) is 0 Å². The molecule has 0 saturated carbocycles. The minimum atomic E-state index is -0.997. The van der Waals surface area contributed by atoms with Crippen LogP contribution in [0.25, 0.3) is 0 Å². The van der Waals surface area contributed by atoms with Crippen molar-refractivity contribution in [2.45, 2.75) is 57.5 Å². The van der Waals surface area contributed by atoms with Crippen LogP contribution in [0.3, 0.4) is 0 Å². The predicted molar refractivity (Wildman–Crippen MR) is 89.3 cm³/mol. The number of rotatable bonds is 4. The monoisotopic (exact) mass is 338 g/mol. The number of aromatic nitrogens is 2. The van der Waals surface area contributed by atoms with Gasteiger partial charge in [0.2, 0.25) is 0 Å². The van der Waals surface area contributed by atoms with Gasteiger partial charge in [0.25, 0.3) is 0 Å². The van der Waals surface area contributed by atoms with Crippen molar-refractivity contribution in [1.82, 2.24) is 10.1 Å². The molecule has 4 nitrogen and oxygen atoms in total. The summed E-state index contributed by atoms with van der Waals surface area (Å²) in [7, 11) is -0.997. The summed E-state index contributed by atoms with van der Waals surface area (Å²) in [5.74, 6) is 0.927. The van der Waals surface area contributed by atoms with Gasteiger partial charge in [-0.15, -0.1) is 11.3 Å². The highest BCUT2D eigenvalue weighted by Gasteiger charge is 2.39. The van der Waals surface area contributed by atoms with Gasteiger partial charge in [0, 0.05) is 27.2 Å². The quantitative estimate of drug-likeness (QED) is 0.850. The van der Waals surface area contributed by atoms with Gasteiger partial charge in [-0.3, -0.25) is 4.21 Å². The maximum Gasteiger partial charge on any atom is 0.124 e. The Morgan fingerprint density at radius 2 is 2.09 bits per heavy atom. The third-order valence-electron chi connectivity index (χ3n) is 4.01. The standard InChI is InChI=1S/C16H22N2O2S2/c1-15(2)7-12-14(16(3,4)10-15)21-13(17-12)9-22(19)8-11-5-6-20-18-11/h5-6H,7-10H2,1-4H3. The Labute approximate surface area is 137 Å². The second kappa shape index (κ2) is 5.57. The number of fused-ring (bicyclic) bond motifs is 1. The Morgan fingerprint density at radius 3 is 2.77 bits per heavy atom. The summed E-state index contributed by atoms with van der Waals surface area (Å²) in [6.45, 7) is 9.20. The molecule has 1 unspecified atom stereocenters. The van der Waals surface area contributed by atoms with E-state index < -0.39 is 10.8 Å². The molecule has 2 aromatic heterocycles. The molecule has 1 aliphatic carbocycles. The van der Waals surface area contributed by atoms with E-state index in [2.05, 4.69) is 32.9 Å². The number of thiazole rings is 1. The highest BCUT2D eigenvalue weighted by Crippen LogP contribution is 2.47. The van der Waals surface area contributed by atoms with Crippen molar-refractivity contribution in [1.29, 1.82) is 0 Å². The van der Waals surface area contributed by atoms with Gasteiger partial charge in [0.05, 0.1) is 22.9 Å². The Kier molecular flexibility index (Phi) is 4.01. The lowest BCUT2D eigenvalue weighted by Crippen LogP contribution is -2.33. The van der Waals surface area contributed by atoms with Crippen LogP contribution >= 0.6 is 11.3 Å². The SMILES string of the molecule is CC1(C)Cc2nc(CS(=O)Cc3ccon3)sc2C(C)(C)C1. The third-order valence-corrected chi connectivity index (χ3v) is 6.87. The molecule has 1 aliphatic rings. The van der Waals surface area contributed by atoms with Gasteiger partial charge in [0.1, 0.15) is 11.3 Å². The van der Waals surface area contributed by atoms with Gasteiger partial charge in [0.15, 0.2) is 0 Å². The van der Waals surface area contributed by atoms with Crippen LogP contribution in [-0.4, -0.2) is 14.3 Å². The van der Waals surface area contributed by atoms with Crippen LogP contribution in [0.2, 0.25) is 0 Å². The second-order valence-electron chi connectivity index (χ2n) is 7.50. The zero-order valence-electron chi connectivity index (χ0n) is 13.5. The van der Waals surface area contributed by atoms with Gasteiger partial charge in [-0.05, 0) is 18.3 Å². The molecule has 3 rings (SSSR count). The summed E-state index contributed by atoms with van der Waals surface area (Å²) >= 11 is 1.74. The molecule has 0 aromatic carbocycles. The summed E-state index contributed by atoms with van der Waals surface area (Å²) < 4.78 is 17.1. The lowest BCUT2D eigenvalue weighted by atomic mass is 9.67. The van der Waals surface area contributed by atoms with Crippen LogP contribution in [0.4, 0.5) is 0 Å². The van der Waals surface area contributed by atoms with Crippen LogP contribution in [-0.2, 0) is 34.1 Å². The fourth-order valence-electron chi connectivity index (χ4n) is 3.57. The van der Waals surface area contributed by atoms with Crippen molar-refractivity contribution < 1.29 is 8.73 Å². The van der Waals surface area contributed by atoms with E-state index in [1.165, 1.54) is 16.8 Å². The van der Waals surface area contributed by atoms with Crippen LogP contribution < -0.4 is 0 Å². The fraction of sp³-hybridized carbons (Fsp3) is 0.625. The smallest absolute Gasteiger partial charge is 0.124 e. The summed E-state index contributed by atoms with van der Waals surface area (Å²) in [6, 6.07) is 1.76. The molecule has 0 aliphatic heterocycles. The zero-order valence-corrected chi connectivity index (χ0v) is 15.1. The summed E-state index contributed by atoms with van der Waals surface area (Å²) in [5.41, 5.74) is 2.38. The normalized spacial score (nSPS) is 20.5. The maximum atomic E-state index is 12.3. The second-order valence-corrected chi connectivity index (χ2v) is 10.0. The average molecular weight is 338 g/mol. The molecule has 1 atom stereocenters. The molecule has 0 N–H and O–H groups in total. The van der Waals surface area contributed by atoms with Gasteiger partial charge in [-0.25, -0.2) is 4.98 Å². The Hall–Kier alpha value is -1.01. The van der Waals surface area contributed by atoms with Gasteiger partial charge in [-0.2, -0.15) is 0 Å². The molecular weight excluding hydrogens is 316 g/mol. The van der Waals surface area contributed by atoms with E-state index in [1.54, 1.807) is 17.4 Å². The van der Waals surface area contributed by atoms with E-state index >= 15 is 0 Å². The van der Waals surface area contributed by atoms with Crippen LogP contribution in [0, 0.1) is 5.41 Å². The van der Waals surface area contributed by atoms with E-state index in [0.29, 0.717) is 11.5 Å². The topological polar surface area (TPSA) is 56.0 Å². The first-order chi connectivity index (χ1) is 10.3. The maximum absolute atomic E-state index is 12.3. The van der Waals surface area contributed by atoms with Crippen molar-refractivity contribution in [3.05, 3.63) is 33.6 Å². The highest BCUT2D eigenvalue weighted by molar-refractivity contribution is 7.83. The average Bonchev–Trinajstić information content (AvgIpc) is 2.96. The van der Waals surface area contributed by atoms with Crippen molar-refractivity contribution >= 4 is 22.1 Å². The van der Waals surface area contributed by atoms with Crippen LogP contribution in [0.15, 0.2) is 16.9 Å². The molecule has 6 heteroatoms. The summed E-state index contributed by atoms with van der Waals surface area (Å²) in [4.78, 5) is 6.17. The Balaban J connectivity index is 1.77. The summed E-state index contributed by atoms with van der Waals surface area (Å²) in [6.07, 6.45) is 3.69. The molecular formula is C16H22N2O2S2. The minimum absolute atomic E-state index is 0.153. The molecule has 0 fully saturated rings. The van der Waals surface area contributed by atoms with E-state index in [-0.39, 0.29) is 10.8 Å². The largest absolute Gasteiger partial charge is 0.364 e. The first-order valence-corrected chi connectivity index (χ1v) is 9.79. The predicted octanol–water partition coefficient (Wildman–Crippen LogP) is 3.83. The molecule has 0 amide bonds. The molecule has 22 heavy (non-hydrogen) atoms. The molecule has 0 bridgehead atoms. The molecule has 0 saturated heterocycles. The van der Waals surface area contributed by atoms with Gasteiger partial charge < -0.3 is 4.52 Å². The van der Waals surface area contributed by atoms with Gasteiger partial charge >= 0.3 is 0 Å². The lowest BCUT2D eigenvalue weighted by molar-refractivity contribution is 0.232. The van der Waals surface area contributed by atoms with Crippen molar-refractivity contribution in [2.24, 2.45) is 5.41 Å². The number of hydrogen-bond donors (Lipinski definition) is 0. The van der Waals surface area contributed by atoms with E-state index in [9.17, 15) is 4.21 Å². The van der Waals surface area contributed by atoms with E-state index in [0.717, 1.165) is 23.5 Å². The van der Waals surface area contributed by atoms with Crippen LogP contribution in [0.5, 0.6) is 0 Å². The van der Waals surface area contributed by atoms with Gasteiger partial charge in [-0.1, -0.05) is 32.9 Å². The molecule has 0 spiro atoms.